The third-order valence-electron chi connectivity index (χ3n) is 5.13. The van der Waals surface area contributed by atoms with Crippen molar-refractivity contribution in [3.8, 4) is 11.1 Å². The summed E-state index contributed by atoms with van der Waals surface area (Å²) < 4.78 is 28.1. The van der Waals surface area contributed by atoms with Crippen molar-refractivity contribution in [2.75, 3.05) is 0 Å². The molecule has 5 nitrogen and oxygen atoms in total. The molecule has 2 unspecified atom stereocenters. The molecule has 1 aliphatic carbocycles. The zero-order chi connectivity index (χ0) is 19.8. The summed E-state index contributed by atoms with van der Waals surface area (Å²) in [5.41, 5.74) is 1.18. The average Bonchev–Trinajstić information content (AvgIpc) is 3.44. The van der Waals surface area contributed by atoms with Gasteiger partial charge in [0.15, 0.2) is 0 Å². The zero-order valence-electron chi connectivity index (χ0n) is 14.9. The van der Waals surface area contributed by atoms with Gasteiger partial charge >= 0.3 is 5.97 Å². The highest BCUT2D eigenvalue weighted by molar-refractivity contribution is 7.89. The quantitative estimate of drug-likeness (QED) is 0.670. The van der Waals surface area contributed by atoms with Gasteiger partial charge in [0, 0.05) is 5.92 Å². The van der Waals surface area contributed by atoms with Crippen molar-refractivity contribution in [3.63, 3.8) is 0 Å². The van der Waals surface area contributed by atoms with Crippen LogP contribution in [0.2, 0.25) is 0 Å². The summed E-state index contributed by atoms with van der Waals surface area (Å²) in [6.45, 7) is 0. The normalized spacial score (nSPS) is 21.2. The summed E-state index contributed by atoms with van der Waals surface area (Å²) in [5.74, 6) is -1.55. The van der Waals surface area contributed by atoms with Crippen LogP contribution in [0.25, 0.3) is 11.1 Å². The lowest BCUT2D eigenvalue weighted by molar-refractivity contribution is -0.140. The van der Waals surface area contributed by atoms with Crippen molar-refractivity contribution in [2.45, 2.75) is 22.8 Å². The SMILES string of the molecule is O=C(O)C1(NS(=O)(=O)c2ccc(-c3ccccc3)cc2)CC1c1ccccc1. The van der Waals surface area contributed by atoms with Crippen LogP contribution in [0.4, 0.5) is 0 Å². The van der Waals surface area contributed by atoms with E-state index in [1.54, 1.807) is 12.1 Å². The molecule has 0 spiro atoms. The highest BCUT2D eigenvalue weighted by atomic mass is 32.2. The van der Waals surface area contributed by atoms with Gasteiger partial charge in [-0.2, -0.15) is 4.72 Å². The number of hydrogen-bond acceptors (Lipinski definition) is 3. The van der Waals surface area contributed by atoms with E-state index in [-0.39, 0.29) is 17.2 Å². The van der Waals surface area contributed by atoms with Crippen LogP contribution in [0.1, 0.15) is 17.9 Å². The molecule has 0 amide bonds. The van der Waals surface area contributed by atoms with Crippen LogP contribution in [0.15, 0.2) is 89.8 Å². The van der Waals surface area contributed by atoms with Crippen LogP contribution in [0, 0.1) is 0 Å². The Labute approximate surface area is 163 Å². The number of rotatable bonds is 6. The molecule has 0 radical (unpaired) electrons. The number of sulfonamides is 1. The van der Waals surface area contributed by atoms with Crippen molar-refractivity contribution < 1.29 is 18.3 Å². The van der Waals surface area contributed by atoms with E-state index in [9.17, 15) is 18.3 Å². The predicted octanol–water partition coefficient (Wildman–Crippen LogP) is 3.64. The molecule has 3 aromatic carbocycles. The maximum absolute atomic E-state index is 12.8. The molecule has 0 saturated heterocycles. The molecule has 28 heavy (non-hydrogen) atoms. The van der Waals surface area contributed by atoms with Gasteiger partial charge in [0.25, 0.3) is 0 Å². The van der Waals surface area contributed by atoms with E-state index in [1.807, 2.05) is 60.7 Å². The summed E-state index contributed by atoms with van der Waals surface area (Å²) in [6, 6.07) is 25.2. The number of hydrogen-bond donors (Lipinski definition) is 2. The van der Waals surface area contributed by atoms with Gasteiger partial charge in [-0.05, 0) is 35.2 Å². The third kappa shape index (κ3) is 3.32. The van der Waals surface area contributed by atoms with Gasteiger partial charge in [0.2, 0.25) is 10.0 Å². The molecule has 0 aromatic heterocycles. The Morgan fingerprint density at radius 2 is 1.39 bits per heavy atom. The van der Waals surface area contributed by atoms with Crippen LogP contribution in [0.3, 0.4) is 0 Å². The first-order chi connectivity index (χ1) is 13.4. The Morgan fingerprint density at radius 1 is 0.857 bits per heavy atom. The second-order valence-electron chi connectivity index (χ2n) is 6.94. The summed E-state index contributed by atoms with van der Waals surface area (Å²) in [5, 5.41) is 9.71. The minimum absolute atomic E-state index is 0.0477. The van der Waals surface area contributed by atoms with E-state index in [4.69, 9.17) is 0 Å². The topological polar surface area (TPSA) is 83.5 Å². The molecule has 6 heteroatoms. The molecule has 3 aromatic rings. The Hall–Kier alpha value is -2.96. The van der Waals surface area contributed by atoms with Gasteiger partial charge < -0.3 is 5.11 Å². The maximum atomic E-state index is 12.8. The van der Waals surface area contributed by atoms with Gasteiger partial charge in [0.1, 0.15) is 5.54 Å². The zero-order valence-corrected chi connectivity index (χ0v) is 15.8. The third-order valence-corrected chi connectivity index (χ3v) is 6.66. The molecule has 1 fully saturated rings. The first-order valence-corrected chi connectivity index (χ1v) is 10.4. The minimum atomic E-state index is -3.97. The summed E-state index contributed by atoms with van der Waals surface area (Å²) in [6.07, 6.45) is 0.230. The molecule has 142 valence electrons. The van der Waals surface area contributed by atoms with Crippen LogP contribution in [-0.2, 0) is 14.8 Å². The molecule has 0 bridgehead atoms. The lowest BCUT2D eigenvalue weighted by Gasteiger charge is -2.16. The molecule has 0 heterocycles. The average molecular weight is 393 g/mol. The summed E-state index contributed by atoms with van der Waals surface area (Å²) >= 11 is 0. The first kappa shape index (κ1) is 18.4. The van der Waals surface area contributed by atoms with E-state index in [2.05, 4.69) is 4.72 Å². The van der Waals surface area contributed by atoms with E-state index in [0.717, 1.165) is 16.7 Å². The molecular weight excluding hydrogens is 374 g/mol. The molecule has 2 atom stereocenters. The van der Waals surface area contributed by atoms with E-state index in [1.165, 1.54) is 12.1 Å². The molecule has 1 saturated carbocycles. The van der Waals surface area contributed by atoms with Gasteiger partial charge in [-0.25, -0.2) is 8.42 Å². The first-order valence-electron chi connectivity index (χ1n) is 8.90. The lowest BCUT2D eigenvalue weighted by atomic mass is 10.1. The van der Waals surface area contributed by atoms with Gasteiger partial charge in [-0.3, -0.25) is 4.79 Å². The number of carbonyl (C=O) groups is 1. The van der Waals surface area contributed by atoms with Crippen molar-refractivity contribution in [1.29, 1.82) is 0 Å². The van der Waals surface area contributed by atoms with Gasteiger partial charge in [0.05, 0.1) is 4.90 Å². The molecule has 1 aliphatic rings. The fourth-order valence-electron chi connectivity index (χ4n) is 3.50. The van der Waals surface area contributed by atoms with Crippen molar-refractivity contribution in [3.05, 3.63) is 90.5 Å². The lowest BCUT2D eigenvalue weighted by Crippen LogP contribution is -2.44. The molecular formula is C22H19NO4S. The van der Waals surface area contributed by atoms with E-state index >= 15 is 0 Å². The number of nitrogens with one attached hydrogen (secondary N) is 1. The number of carboxylic acid groups (broad SMARTS) is 1. The molecule has 4 rings (SSSR count). The highest BCUT2D eigenvalue weighted by Gasteiger charge is 2.63. The van der Waals surface area contributed by atoms with Gasteiger partial charge in [-0.1, -0.05) is 72.8 Å². The van der Waals surface area contributed by atoms with Crippen molar-refractivity contribution in [1.82, 2.24) is 4.72 Å². The van der Waals surface area contributed by atoms with E-state index in [0.29, 0.717) is 0 Å². The Kier molecular flexibility index (Phi) is 4.53. The number of carboxylic acids is 1. The minimum Gasteiger partial charge on any atom is -0.480 e. The fourth-order valence-corrected chi connectivity index (χ4v) is 4.90. The van der Waals surface area contributed by atoms with Gasteiger partial charge in [-0.15, -0.1) is 0 Å². The number of benzene rings is 3. The standard InChI is InChI=1S/C22H19NO4S/c24-21(25)22(15-20(22)18-9-5-2-6-10-18)23-28(26,27)19-13-11-17(12-14-19)16-7-3-1-4-8-16/h1-14,20,23H,15H2,(H,24,25). The molecule has 2 N–H and O–H groups in total. The number of aliphatic carboxylic acids is 1. The highest BCUT2D eigenvalue weighted by Crippen LogP contribution is 2.52. The van der Waals surface area contributed by atoms with Crippen LogP contribution < -0.4 is 4.72 Å². The largest absolute Gasteiger partial charge is 0.480 e. The van der Waals surface area contributed by atoms with Crippen LogP contribution >= 0.6 is 0 Å². The van der Waals surface area contributed by atoms with Crippen LogP contribution in [-0.4, -0.2) is 25.0 Å². The Morgan fingerprint density at radius 3 is 1.96 bits per heavy atom. The van der Waals surface area contributed by atoms with Crippen molar-refractivity contribution in [2.24, 2.45) is 0 Å². The summed E-state index contributed by atoms with van der Waals surface area (Å²) in [7, 11) is -3.97. The summed E-state index contributed by atoms with van der Waals surface area (Å²) in [4.78, 5) is 11.9. The van der Waals surface area contributed by atoms with Crippen molar-refractivity contribution >= 4 is 16.0 Å². The second-order valence-corrected chi connectivity index (χ2v) is 8.62. The monoisotopic (exact) mass is 393 g/mol. The van der Waals surface area contributed by atoms with Crippen LogP contribution in [0.5, 0.6) is 0 Å². The second kappa shape index (κ2) is 6.89. The maximum Gasteiger partial charge on any atom is 0.325 e. The van der Waals surface area contributed by atoms with E-state index < -0.39 is 21.5 Å². The Balaban J connectivity index is 1.59. The Bertz CT molecular complexity index is 1100. The molecule has 0 aliphatic heterocycles. The predicted molar refractivity (Wildman–Crippen MR) is 106 cm³/mol. The fraction of sp³-hybridized carbons (Fsp3) is 0.136. The smallest absolute Gasteiger partial charge is 0.325 e.